The quantitative estimate of drug-likeness (QED) is 0.849. The molecule has 0 amide bonds. The van der Waals surface area contributed by atoms with Crippen molar-refractivity contribution in [2.45, 2.75) is 19.3 Å². The highest BCUT2D eigenvalue weighted by molar-refractivity contribution is 9.10. The van der Waals surface area contributed by atoms with Gasteiger partial charge in [-0.15, -0.1) is 0 Å². The molecule has 0 aliphatic carbocycles. The second-order valence-electron chi connectivity index (χ2n) is 4.63. The van der Waals surface area contributed by atoms with E-state index in [9.17, 15) is 0 Å². The number of hydrogen-bond acceptors (Lipinski definition) is 3. The first kappa shape index (κ1) is 13.4. The monoisotopic (exact) mass is 307 g/mol. The van der Waals surface area contributed by atoms with Gasteiger partial charge in [-0.05, 0) is 57.1 Å². The Labute approximate surface area is 117 Å². The van der Waals surface area contributed by atoms with Crippen LogP contribution in [-0.2, 0) is 0 Å². The fourth-order valence-electron chi connectivity index (χ4n) is 2.30. The van der Waals surface area contributed by atoms with Crippen LogP contribution in [0.1, 0.15) is 24.8 Å². The summed E-state index contributed by atoms with van der Waals surface area (Å²) in [4.78, 5) is 2.51. The van der Waals surface area contributed by atoms with Gasteiger partial charge in [0.1, 0.15) is 6.07 Å². The lowest BCUT2D eigenvalue weighted by Gasteiger charge is -2.15. The van der Waals surface area contributed by atoms with E-state index in [0.717, 1.165) is 29.7 Å². The van der Waals surface area contributed by atoms with Crippen molar-refractivity contribution in [1.29, 1.82) is 5.26 Å². The van der Waals surface area contributed by atoms with E-state index in [1.54, 1.807) is 0 Å². The van der Waals surface area contributed by atoms with E-state index in [4.69, 9.17) is 5.26 Å². The van der Waals surface area contributed by atoms with Gasteiger partial charge in [0, 0.05) is 11.0 Å². The second kappa shape index (κ2) is 6.77. The fourth-order valence-corrected chi connectivity index (χ4v) is 2.66. The van der Waals surface area contributed by atoms with Crippen LogP contribution in [0.15, 0.2) is 22.7 Å². The average molecular weight is 308 g/mol. The summed E-state index contributed by atoms with van der Waals surface area (Å²) in [7, 11) is 0. The lowest BCUT2D eigenvalue weighted by molar-refractivity contribution is 0.337. The average Bonchev–Trinajstić information content (AvgIpc) is 2.89. The van der Waals surface area contributed by atoms with Gasteiger partial charge < -0.3 is 10.2 Å². The van der Waals surface area contributed by atoms with E-state index >= 15 is 0 Å². The summed E-state index contributed by atoms with van der Waals surface area (Å²) in [6.07, 6.45) is 3.82. The summed E-state index contributed by atoms with van der Waals surface area (Å²) < 4.78 is 0.946. The Kier molecular flexibility index (Phi) is 5.03. The maximum absolute atomic E-state index is 9.05. The Morgan fingerprint density at radius 1 is 1.33 bits per heavy atom. The maximum atomic E-state index is 9.05. The third kappa shape index (κ3) is 3.72. The molecule has 1 aliphatic rings. The highest BCUT2D eigenvalue weighted by Crippen LogP contribution is 2.20. The lowest BCUT2D eigenvalue weighted by Crippen LogP contribution is -2.22. The summed E-state index contributed by atoms with van der Waals surface area (Å²) in [5, 5.41) is 12.4. The predicted octanol–water partition coefficient (Wildman–Crippen LogP) is 3.22. The van der Waals surface area contributed by atoms with E-state index in [1.807, 2.05) is 18.2 Å². The normalized spacial score (nSPS) is 15.6. The highest BCUT2D eigenvalue weighted by Gasteiger charge is 2.10. The Morgan fingerprint density at radius 2 is 2.11 bits per heavy atom. The molecule has 0 bridgehead atoms. The van der Waals surface area contributed by atoms with Crippen molar-refractivity contribution in [2.75, 3.05) is 31.5 Å². The molecule has 1 aliphatic heterocycles. The number of nitriles is 1. The maximum Gasteiger partial charge on any atom is 0.101 e. The van der Waals surface area contributed by atoms with E-state index in [0.29, 0.717) is 5.56 Å². The molecule has 96 valence electrons. The molecule has 0 aromatic heterocycles. The summed E-state index contributed by atoms with van der Waals surface area (Å²) in [5.41, 5.74) is 1.63. The van der Waals surface area contributed by atoms with Gasteiger partial charge in [0.25, 0.3) is 0 Å². The van der Waals surface area contributed by atoms with Gasteiger partial charge in [-0.25, -0.2) is 0 Å². The Bertz CT molecular complexity index is 433. The predicted molar refractivity (Wildman–Crippen MR) is 77.6 cm³/mol. The zero-order valence-electron chi connectivity index (χ0n) is 10.5. The molecular formula is C14H18BrN3. The van der Waals surface area contributed by atoms with Crippen LogP contribution in [-0.4, -0.2) is 31.1 Å². The molecule has 0 radical (unpaired) electrons. The van der Waals surface area contributed by atoms with Crippen LogP contribution in [0, 0.1) is 11.3 Å². The molecule has 3 nitrogen and oxygen atoms in total. The van der Waals surface area contributed by atoms with Gasteiger partial charge in [0.05, 0.1) is 11.3 Å². The number of nitrogens with one attached hydrogen (secondary N) is 1. The minimum Gasteiger partial charge on any atom is -0.384 e. The van der Waals surface area contributed by atoms with Gasteiger partial charge in [-0.3, -0.25) is 0 Å². The van der Waals surface area contributed by atoms with Crippen LogP contribution >= 0.6 is 15.9 Å². The molecule has 0 saturated carbocycles. The first-order chi connectivity index (χ1) is 8.79. The van der Waals surface area contributed by atoms with Crippen LogP contribution in [0.3, 0.4) is 0 Å². The van der Waals surface area contributed by atoms with Crippen molar-refractivity contribution in [3.8, 4) is 6.07 Å². The molecule has 0 unspecified atom stereocenters. The first-order valence-electron chi connectivity index (χ1n) is 6.45. The van der Waals surface area contributed by atoms with Gasteiger partial charge in [0.2, 0.25) is 0 Å². The molecule has 1 N–H and O–H groups in total. The van der Waals surface area contributed by atoms with Crippen LogP contribution in [0.5, 0.6) is 0 Å². The molecule has 4 heteroatoms. The summed E-state index contributed by atoms with van der Waals surface area (Å²) >= 11 is 3.38. The van der Waals surface area contributed by atoms with E-state index in [2.05, 4.69) is 32.2 Å². The van der Waals surface area contributed by atoms with E-state index in [1.165, 1.54) is 25.9 Å². The molecule has 1 aromatic rings. The van der Waals surface area contributed by atoms with Crippen molar-refractivity contribution in [3.63, 3.8) is 0 Å². The molecule has 1 fully saturated rings. The van der Waals surface area contributed by atoms with Crippen LogP contribution < -0.4 is 5.32 Å². The van der Waals surface area contributed by atoms with Crippen LogP contribution in [0.2, 0.25) is 0 Å². The summed E-state index contributed by atoms with van der Waals surface area (Å²) in [6.45, 7) is 4.59. The standard InChI is InChI=1S/C14H18BrN3/c15-13-4-5-14(12(10-13)11-16)17-6-3-9-18-7-1-2-8-18/h4-5,10,17H,1-3,6-9H2. The van der Waals surface area contributed by atoms with Gasteiger partial charge >= 0.3 is 0 Å². The number of halogens is 1. The minimum atomic E-state index is 0.700. The van der Waals surface area contributed by atoms with Gasteiger partial charge in [-0.1, -0.05) is 15.9 Å². The smallest absolute Gasteiger partial charge is 0.101 e. The molecule has 1 aromatic carbocycles. The number of nitrogens with zero attached hydrogens (tertiary/aromatic N) is 2. The lowest BCUT2D eigenvalue weighted by atomic mass is 10.2. The Balaban J connectivity index is 1.77. The molecule has 0 atom stereocenters. The van der Waals surface area contributed by atoms with Crippen LogP contribution in [0.25, 0.3) is 0 Å². The van der Waals surface area contributed by atoms with Crippen molar-refractivity contribution in [1.82, 2.24) is 4.90 Å². The second-order valence-corrected chi connectivity index (χ2v) is 5.55. The molecule has 0 spiro atoms. The molecule has 18 heavy (non-hydrogen) atoms. The van der Waals surface area contributed by atoms with Crippen molar-refractivity contribution in [3.05, 3.63) is 28.2 Å². The third-order valence-corrected chi connectivity index (χ3v) is 3.76. The Morgan fingerprint density at radius 3 is 2.83 bits per heavy atom. The fraction of sp³-hybridized carbons (Fsp3) is 0.500. The molecular weight excluding hydrogens is 290 g/mol. The number of rotatable bonds is 5. The number of anilines is 1. The SMILES string of the molecule is N#Cc1cc(Br)ccc1NCCCN1CCCC1. The van der Waals surface area contributed by atoms with Crippen molar-refractivity contribution in [2.24, 2.45) is 0 Å². The van der Waals surface area contributed by atoms with Gasteiger partial charge in [0.15, 0.2) is 0 Å². The van der Waals surface area contributed by atoms with Crippen molar-refractivity contribution >= 4 is 21.6 Å². The van der Waals surface area contributed by atoms with Crippen LogP contribution in [0.4, 0.5) is 5.69 Å². The largest absolute Gasteiger partial charge is 0.384 e. The molecule has 1 saturated heterocycles. The zero-order valence-corrected chi connectivity index (χ0v) is 12.0. The summed E-state index contributed by atoms with van der Waals surface area (Å²) in [5.74, 6) is 0. The van der Waals surface area contributed by atoms with E-state index in [-0.39, 0.29) is 0 Å². The number of likely N-dealkylation sites (tertiary alicyclic amines) is 1. The first-order valence-corrected chi connectivity index (χ1v) is 7.25. The number of benzene rings is 1. The highest BCUT2D eigenvalue weighted by atomic mass is 79.9. The number of hydrogen-bond donors (Lipinski definition) is 1. The van der Waals surface area contributed by atoms with E-state index < -0.39 is 0 Å². The summed E-state index contributed by atoms with van der Waals surface area (Å²) in [6, 6.07) is 7.98. The topological polar surface area (TPSA) is 39.1 Å². The van der Waals surface area contributed by atoms with Gasteiger partial charge in [-0.2, -0.15) is 5.26 Å². The molecule has 1 heterocycles. The Hall–Kier alpha value is -1.05. The third-order valence-electron chi connectivity index (χ3n) is 3.27. The zero-order chi connectivity index (χ0) is 12.8. The minimum absolute atomic E-state index is 0.700. The molecule has 2 rings (SSSR count). The van der Waals surface area contributed by atoms with Crippen molar-refractivity contribution < 1.29 is 0 Å².